The van der Waals surface area contributed by atoms with Gasteiger partial charge in [0.2, 0.25) is 0 Å². The second-order valence-corrected chi connectivity index (χ2v) is 9.88. The van der Waals surface area contributed by atoms with Crippen LogP contribution >= 0.6 is 27.3 Å². The molecule has 1 aliphatic heterocycles. The van der Waals surface area contributed by atoms with Gasteiger partial charge in [-0.1, -0.05) is 22.0 Å². The number of allylic oxidation sites excluding steroid dienone is 1. The van der Waals surface area contributed by atoms with Crippen LogP contribution in [-0.4, -0.2) is 36.5 Å². The van der Waals surface area contributed by atoms with Gasteiger partial charge >= 0.3 is 11.9 Å². The Hall–Kier alpha value is -2.59. The maximum absolute atomic E-state index is 13.9. The minimum Gasteiger partial charge on any atom is -0.469 e. The average molecular weight is 550 g/mol. The van der Waals surface area contributed by atoms with Gasteiger partial charge in [0.1, 0.15) is 11.9 Å². The van der Waals surface area contributed by atoms with Crippen molar-refractivity contribution in [1.29, 1.82) is 0 Å². The van der Waals surface area contributed by atoms with Gasteiger partial charge in [-0.15, -0.1) is 11.3 Å². The van der Waals surface area contributed by atoms with Crippen LogP contribution in [-0.2, 0) is 19.1 Å². The van der Waals surface area contributed by atoms with Gasteiger partial charge in [-0.3, -0.25) is 9.79 Å². The lowest BCUT2D eigenvalue weighted by atomic mass is 9.78. The van der Waals surface area contributed by atoms with Gasteiger partial charge in [0.15, 0.2) is 10.8 Å². The van der Waals surface area contributed by atoms with Gasteiger partial charge in [-0.05, 0) is 56.2 Å². The van der Waals surface area contributed by atoms with Crippen LogP contribution in [0.2, 0.25) is 0 Å². The number of benzene rings is 1. The maximum atomic E-state index is 13.9. The molecule has 1 N–H and O–H groups in total. The fourth-order valence-electron chi connectivity index (χ4n) is 4.50. The van der Waals surface area contributed by atoms with Crippen LogP contribution in [0.4, 0.5) is 4.39 Å². The maximum Gasteiger partial charge on any atom is 0.338 e. The number of ether oxygens (including phenoxy) is 2. The highest BCUT2D eigenvalue weighted by molar-refractivity contribution is 9.10. The number of methoxy groups -OCH3 is 1. The van der Waals surface area contributed by atoms with Crippen molar-refractivity contribution in [3.05, 3.63) is 61.9 Å². The second-order valence-electron chi connectivity index (χ2n) is 8.13. The zero-order valence-electron chi connectivity index (χ0n) is 18.8. The Morgan fingerprint density at radius 1 is 1.26 bits per heavy atom. The van der Waals surface area contributed by atoms with Gasteiger partial charge in [-0.25, -0.2) is 14.2 Å². The molecule has 7 nitrogen and oxygen atoms in total. The Labute approximate surface area is 209 Å². The van der Waals surface area contributed by atoms with Crippen LogP contribution in [0.1, 0.15) is 49.2 Å². The third-order valence-corrected chi connectivity index (χ3v) is 7.60. The monoisotopic (exact) mass is 549 g/mol. The second kappa shape index (κ2) is 10.8. The number of carbonyl (C=O) groups is 2. The number of nitrogens with zero attached hydrogens (tertiary/aromatic N) is 2. The zero-order valence-corrected chi connectivity index (χ0v) is 21.2. The summed E-state index contributed by atoms with van der Waals surface area (Å²) in [7, 11) is 1.40. The molecule has 1 aromatic carbocycles. The molecule has 34 heavy (non-hydrogen) atoms. The molecule has 10 heteroatoms. The van der Waals surface area contributed by atoms with E-state index in [-0.39, 0.29) is 24.4 Å². The summed E-state index contributed by atoms with van der Waals surface area (Å²) in [4.78, 5) is 34.5. The first-order valence-electron chi connectivity index (χ1n) is 11.1. The largest absolute Gasteiger partial charge is 0.469 e. The number of thiazole rings is 1. The van der Waals surface area contributed by atoms with Crippen molar-refractivity contribution < 1.29 is 23.5 Å². The van der Waals surface area contributed by atoms with Crippen molar-refractivity contribution in [2.75, 3.05) is 13.7 Å². The lowest BCUT2D eigenvalue weighted by Crippen LogP contribution is -2.38. The van der Waals surface area contributed by atoms with E-state index in [0.29, 0.717) is 52.1 Å². The summed E-state index contributed by atoms with van der Waals surface area (Å²) in [5.74, 6) is -0.666. The molecule has 1 unspecified atom stereocenters. The number of aromatic nitrogens is 1. The minimum absolute atomic E-state index is 0.00695. The first kappa shape index (κ1) is 24.5. The van der Waals surface area contributed by atoms with E-state index >= 15 is 0 Å². The van der Waals surface area contributed by atoms with E-state index in [2.05, 4.69) is 26.2 Å². The molecule has 0 radical (unpaired) electrons. The number of halogens is 2. The molecule has 1 aliphatic carbocycles. The summed E-state index contributed by atoms with van der Waals surface area (Å²) < 4.78 is 24.7. The zero-order chi connectivity index (χ0) is 24.2. The summed E-state index contributed by atoms with van der Waals surface area (Å²) in [6.45, 7) is 1.97. The van der Waals surface area contributed by atoms with Crippen LogP contribution in [0.3, 0.4) is 0 Å². The predicted molar refractivity (Wildman–Crippen MR) is 130 cm³/mol. The third kappa shape index (κ3) is 5.07. The minimum atomic E-state index is -0.706. The number of hydrogen-bond acceptors (Lipinski definition) is 8. The number of aliphatic imine (C=N–C) groups is 1. The molecular weight excluding hydrogens is 525 g/mol. The van der Waals surface area contributed by atoms with Crippen molar-refractivity contribution in [3.63, 3.8) is 0 Å². The lowest BCUT2D eigenvalue weighted by Gasteiger charge is -2.34. The van der Waals surface area contributed by atoms with E-state index in [1.54, 1.807) is 19.2 Å². The standard InChI is InChI=1S/C24H25BrFN3O4S/c1-3-33-24(31)18-19(13-4-6-14(7-5-13)23(30)32-2)28-21(22-27-10-11-34-22)29-20(18)16-9-8-15(26)12-17(16)25/h8-14,20H,3-7H2,1-2H3,(H,28,29)/t13-,14-,20?. The topological polar surface area (TPSA) is 89.9 Å². The van der Waals surface area contributed by atoms with Crippen LogP contribution in [0.25, 0.3) is 0 Å². The number of rotatable bonds is 6. The third-order valence-electron chi connectivity index (χ3n) is 6.13. The van der Waals surface area contributed by atoms with Gasteiger partial charge in [0.25, 0.3) is 0 Å². The molecule has 1 fully saturated rings. The Bertz CT molecular complexity index is 1130. The number of amidine groups is 1. The summed E-state index contributed by atoms with van der Waals surface area (Å²) in [5, 5.41) is 5.92. The molecule has 1 saturated carbocycles. The smallest absolute Gasteiger partial charge is 0.338 e. The molecule has 2 aliphatic rings. The highest BCUT2D eigenvalue weighted by atomic mass is 79.9. The average Bonchev–Trinajstić information content (AvgIpc) is 3.38. The molecule has 0 spiro atoms. The molecule has 0 amide bonds. The molecule has 2 heterocycles. The summed E-state index contributed by atoms with van der Waals surface area (Å²) in [6, 6.07) is 3.64. The molecule has 0 bridgehead atoms. The van der Waals surface area contributed by atoms with Crippen LogP contribution in [0, 0.1) is 17.7 Å². The first-order valence-corrected chi connectivity index (χ1v) is 12.8. The predicted octanol–water partition coefficient (Wildman–Crippen LogP) is 4.93. The Kier molecular flexibility index (Phi) is 7.77. The van der Waals surface area contributed by atoms with Crippen molar-refractivity contribution in [2.45, 2.75) is 38.6 Å². The molecule has 1 aromatic heterocycles. The summed E-state index contributed by atoms with van der Waals surface area (Å²) >= 11 is 4.88. The van der Waals surface area contributed by atoms with Gasteiger partial charge in [0.05, 0.1) is 25.2 Å². The summed E-state index contributed by atoms with van der Waals surface area (Å²) in [5.41, 5.74) is 1.78. The first-order chi connectivity index (χ1) is 16.4. The van der Waals surface area contributed by atoms with Gasteiger partial charge in [-0.2, -0.15) is 0 Å². The van der Waals surface area contributed by atoms with E-state index in [1.807, 2.05) is 5.38 Å². The van der Waals surface area contributed by atoms with E-state index in [9.17, 15) is 14.0 Å². The molecule has 1 atom stereocenters. The fourth-order valence-corrected chi connectivity index (χ4v) is 5.66. The molecule has 0 saturated heterocycles. The Morgan fingerprint density at radius 2 is 2.03 bits per heavy atom. The number of esters is 2. The Morgan fingerprint density at radius 3 is 2.65 bits per heavy atom. The Balaban J connectivity index is 1.80. The van der Waals surface area contributed by atoms with E-state index in [1.165, 1.54) is 30.6 Å². The van der Waals surface area contributed by atoms with Crippen molar-refractivity contribution in [1.82, 2.24) is 10.3 Å². The molecule has 2 aromatic rings. The van der Waals surface area contributed by atoms with E-state index in [0.717, 1.165) is 5.70 Å². The number of carbonyl (C=O) groups excluding carboxylic acids is 2. The number of hydrogen-bond donors (Lipinski definition) is 1. The number of nitrogens with one attached hydrogen (secondary N) is 1. The molecular formula is C24H25BrFN3O4S. The van der Waals surface area contributed by atoms with Crippen molar-refractivity contribution in [3.8, 4) is 0 Å². The highest BCUT2D eigenvalue weighted by Crippen LogP contribution is 2.42. The van der Waals surface area contributed by atoms with Gasteiger partial charge < -0.3 is 14.8 Å². The van der Waals surface area contributed by atoms with Crippen LogP contribution in [0.15, 0.2) is 50.5 Å². The van der Waals surface area contributed by atoms with Crippen LogP contribution < -0.4 is 5.32 Å². The normalized spacial score (nSPS) is 22.6. The SMILES string of the molecule is CCOC(=O)C1=C([C@H]2CC[C@H](C(=O)OC)CC2)NC(c2nccs2)=NC1c1ccc(F)cc1Br. The highest BCUT2D eigenvalue weighted by Gasteiger charge is 2.38. The van der Waals surface area contributed by atoms with E-state index in [4.69, 9.17) is 14.5 Å². The fraction of sp³-hybridized carbons (Fsp3) is 0.417. The van der Waals surface area contributed by atoms with Crippen molar-refractivity contribution >= 4 is 45.0 Å². The summed E-state index contributed by atoms with van der Waals surface area (Å²) in [6.07, 6.45) is 4.42. The van der Waals surface area contributed by atoms with Crippen LogP contribution in [0.5, 0.6) is 0 Å². The van der Waals surface area contributed by atoms with E-state index < -0.39 is 17.8 Å². The lowest BCUT2D eigenvalue weighted by molar-refractivity contribution is -0.146. The quantitative estimate of drug-likeness (QED) is 0.513. The van der Waals surface area contributed by atoms with Gasteiger partial charge in [0, 0.05) is 21.7 Å². The molecule has 180 valence electrons. The molecule has 4 rings (SSSR count). The van der Waals surface area contributed by atoms with Crippen molar-refractivity contribution in [2.24, 2.45) is 16.8 Å².